The average Bonchev–Trinajstić information content (AvgIpc) is 2.49. The lowest BCUT2D eigenvalue weighted by atomic mass is 10.1. The van der Waals surface area contributed by atoms with Crippen molar-refractivity contribution in [2.45, 2.75) is 13.0 Å². The zero-order valence-corrected chi connectivity index (χ0v) is 14.1. The van der Waals surface area contributed by atoms with Crippen LogP contribution >= 0.6 is 34.8 Å². The molecule has 0 aliphatic carbocycles. The quantitative estimate of drug-likeness (QED) is 0.796. The van der Waals surface area contributed by atoms with Crippen molar-refractivity contribution >= 4 is 46.4 Å². The number of halogens is 3. The van der Waals surface area contributed by atoms with Gasteiger partial charge in [0.05, 0.1) is 22.3 Å². The van der Waals surface area contributed by atoms with Crippen LogP contribution in [0.2, 0.25) is 15.1 Å². The molecule has 0 saturated carbocycles. The monoisotopic (exact) mass is 356 g/mol. The molecule has 2 aromatic carbocycles. The molecule has 2 rings (SSSR count). The Kier molecular flexibility index (Phi) is 6.09. The molecule has 6 heteroatoms. The first-order valence-electron chi connectivity index (χ1n) is 6.70. The predicted molar refractivity (Wildman–Crippen MR) is 93.0 cm³/mol. The normalized spacial score (nSPS) is 12.0. The van der Waals surface area contributed by atoms with E-state index in [2.05, 4.69) is 10.6 Å². The number of amides is 1. The summed E-state index contributed by atoms with van der Waals surface area (Å²) in [5.41, 5.74) is 1.48. The third kappa shape index (κ3) is 4.62. The van der Waals surface area contributed by atoms with E-state index in [9.17, 15) is 4.79 Å². The van der Waals surface area contributed by atoms with E-state index in [1.807, 2.05) is 37.3 Å². The van der Waals surface area contributed by atoms with Crippen molar-refractivity contribution in [2.24, 2.45) is 0 Å². The number of hydrogen-bond acceptors (Lipinski definition) is 2. The molecule has 2 aromatic rings. The molecule has 0 bridgehead atoms. The fraction of sp³-hybridized carbons (Fsp3) is 0.188. The van der Waals surface area contributed by atoms with Gasteiger partial charge in [-0.3, -0.25) is 4.79 Å². The summed E-state index contributed by atoms with van der Waals surface area (Å²) in [6, 6.07) is 13.0. The summed E-state index contributed by atoms with van der Waals surface area (Å²) in [5.74, 6) is -0.228. The minimum Gasteiger partial charge on any atom is -0.322 e. The van der Waals surface area contributed by atoms with Crippen LogP contribution in [0, 0.1) is 0 Å². The highest BCUT2D eigenvalue weighted by Crippen LogP contribution is 2.33. The van der Waals surface area contributed by atoms with Gasteiger partial charge >= 0.3 is 0 Å². The smallest absolute Gasteiger partial charge is 0.238 e. The van der Waals surface area contributed by atoms with Gasteiger partial charge < -0.3 is 10.6 Å². The molecule has 0 spiro atoms. The van der Waals surface area contributed by atoms with Crippen molar-refractivity contribution in [3.8, 4) is 0 Å². The maximum absolute atomic E-state index is 12.0. The Morgan fingerprint density at radius 2 is 1.68 bits per heavy atom. The molecule has 0 aliphatic heterocycles. The van der Waals surface area contributed by atoms with E-state index in [1.54, 1.807) is 0 Å². The second-order valence-electron chi connectivity index (χ2n) is 4.81. The second-order valence-corrected chi connectivity index (χ2v) is 6.06. The highest BCUT2D eigenvalue weighted by atomic mass is 35.5. The van der Waals surface area contributed by atoms with Crippen LogP contribution in [0.15, 0.2) is 42.5 Å². The molecule has 22 heavy (non-hydrogen) atoms. The van der Waals surface area contributed by atoms with Gasteiger partial charge in [-0.05, 0) is 24.6 Å². The van der Waals surface area contributed by atoms with Crippen LogP contribution in [-0.4, -0.2) is 12.5 Å². The summed E-state index contributed by atoms with van der Waals surface area (Å²) in [4.78, 5) is 12.0. The summed E-state index contributed by atoms with van der Waals surface area (Å²) in [6.45, 7) is 2.14. The maximum Gasteiger partial charge on any atom is 0.238 e. The topological polar surface area (TPSA) is 41.1 Å². The molecule has 0 saturated heterocycles. The lowest BCUT2D eigenvalue weighted by molar-refractivity contribution is -0.115. The molecule has 0 aromatic heterocycles. The number of nitrogens with one attached hydrogen (secondary N) is 2. The molecule has 0 unspecified atom stereocenters. The van der Waals surface area contributed by atoms with Crippen molar-refractivity contribution < 1.29 is 4.79 Å². The number of benzene rings is 2. The van der Waals surface area contributed by atoms with Crippen LogP contribution < -0.4 is 10.6 Å². The Balaban J connectivity index is 1.94. The molecular formula is C16H15Cl3N2O. The van der Waals surface area contributed by atoms with Gasteiger partial charge in [-0.2, -0.15) is 0 Å². The van der Waals surface area contributed by atoms with E-state index in [0.717, 1.165) is 5.56 Å². The minimum atomic E-state index is -0.228. The summed E-state index contributed by atoms with van der Waals surface area (Å²) in [6.07, 6.45) is 0. The summed E-state index contributed by atoms with van der Waals surface area (Å²) in [7, 11) is 0. The van der Waals surface area contributed by atoms with Crippen molar-refractivity contribution in [3.63, 3.8) is 0 Å². The summed E-state index contributed by atoms with van der Waals surface area (Å²) in [5, 5.41) is 6.87. The van der Waals surface area contributed by atoms with Gasteiger partial charge in [0.1, 0.15) is 0 Å². The highest BCUT2D eigenvalue weighted by Gasteiger charge is 2.12. The Morgan fingerprint density at radius 3 is 2.27 bits per heavy atom. The van der Waals surface area contributed by atoms with Crippen LogP contribution in [0.4, 0.5) is 5.69 Å². The predicted octanol–water partition coefficient (Wildman–Crippen LogP) is 4.94. The van der Waals surface area contributed by atoms with Gasteiger partial charge in [0.15, 0.2) is 0 Å². The lowest BCUT2D eigenvalue weighted by Crippen LogP contribution is -2.30. The van der Waals surface area contributed by atoms with Crippen molar-refractivity contribution in [2.75, 3.05) is 11.9 Å². The summed E-state index contributed by atoms with van der Waals surface area (Å²) < 4.78 is 0. The molecule has 0 heterocycles. The molecule has 3 nitrogen and oxygen atoms in total. The molecule has 2 N–H and O–H groups in total. The van der Waals surface area contributed by atoms with E-state index < -0.39 is 0 Å². The molecular weight excluding hydrogens is 343 g/mol. The van der Waals surface area contributed by atoms with Crippen LogP contribution in [0.1, 0.15) is 18.5 Å². The fourth-order valence-corrected chi connectivity index (χ4v) is 2.86. The molecule has 0 radical (unpaired) electrons. The Morgan fingerprint density at radius 1 is 1.09 bits per heavy atom. The Bertz CT molecular complexity index is 639. The minimum absolute atomic E-state index is 0.0584. The van der Waals surface area contributed by atoms with Gasteiger partial charge in [0.2, 0.25) is 5.91 Å². The number of hydrogen-bond donors (Lipinski definition) is 2. The van der Waals surface area contributed by atoms with Gasteiger partial charge in [0.25, 0.3) is 0 Å². The first-order valence-corrected chi connectivity index (χ1v) is 7.83. The van der Waals surface area contributed by atoms with Crippen LogP contribution in [0.5, 0.6) is 0 Å². The zero-order valence-electron chi connectivity index (χ0n) is 11.9. The molecule has 1 amide bonds. The number of carbonyl (C=O) groups excluding carboxylic acids is 1. The van der Waals surface area contributed by atoms with Crippen molar-refractivity contribution in [3.05, 3.63) is 63.1 Å². The third-order valence-corrected chi connectivity index (χ3v) is 3.95. The highest BCUT2D eigenvalue weighted by molar-refractivity contribution is 6.42. The largest absolute Gasteiger partial charge is 0.322 e. The van der Waals surface area contributed by atoms with E-state index in [0.29, 0.717) is 20.8 Å². The summed E-state index contributed by atoms with van der Waals surface area (Å²) >= 11 is 17.9. The van der Waals surface area contributed by atoms with Crippen molar-refractivity contribution in [1.82, 2.24) is 5.32 Å². The van der Waals surface area contributed by atoms with Gasteiger partial charge in [-0.15, -0.1) is 0 Å². The Hall–Kier alpha value is -1.26. The van der Waals surface area contributed by atoms with E-state index in [4.69, 9.17) is 34.8 Å². The maximum atomic E-state index is 12.0. The molecule has 116 valence electrons. The Labute approximate surface area is 144 Å². The first-order chi connectivity index (χ1) is 10.5. The standard InChI is InChI=1S/C16H15Cl3N2O/c1-10(11-5-3-2-4-6-11)20-9-15(22)21-16-13(18)7-12(17)8-14(16)19/h2-8,10,20H,9H2,1H3,(H,21,22)/t10-/m0/s1. The van der Waals surface area contributed by atoms with E-state index >= 15 is 0 Å². The average molecular weight is 358 g/mol. The van der Waals surface area contributed by atoms with E-state index in [1.165, 1.54) is 12.1 Å². The number of rotatable bonds is 5. The number of anilines is 1. The first kappa shape index (κ1) is 17.1. The van der Waals surface area contributed by atoms with Gasteiger partial charge in [0, 0.05) is 11.1 Å². The van der Waals surface area contributed by atoms with Crippen LogP contribution in [0.25, 0.3) is 0 Å². The molecule has 0 aliphatic rings. The van der Waals surface area contributed by atoms with Crippen LogP contribution in [-0.2, 0) is 4.79 Å². The second kappa shape index (κ2) is 7.84. The van der Waals surface area contributed by atoms with Crippen LogP contribution in [0.3, 0.4) is 0 Å². The lowest BCUT2D eigenvalue weighted by Gasteiger charge is -2.15. The zero-order chi connectivity index (χ0) is 16.1. The fourth-order valence-electron chi connectivity index (χ4n) is 1.95. The van der Waals surface area contributed by atoms with Gasteiger partial charge in [-0.1, -0.05) is 65.1 Å². The van der Waals surface area contributed by atoms with Crippen molar-refractivity contribution in [1.29, 1.82) is 0 Å². The van der Waals surface area contributed by atoms with E-state index in [-0.39, 0.29) is 18.5 Å². The molecule has 0 fully saturated rings. The number of carbonyl (C=O) groups is 1. The van der Waals surface area contributed by atoms with Gasteiger partial charge in [-0.25, -0.2) is 0 Å². The SMILES string of the molecule is C[C@H](NCC(=O)Nc1c(Cl)cc(Cl)cc1Cl)c1ccccc1. The third-order valence-electron chi connectivity index (χ3n) is 3.14. The molecule has 1 atom stereocenters.